The van der Waals surface area contributed by atoms with E-state index in [4.69, 9.17) is 9.47 Å². The number of halogens is 1. The topological polar surface area (TPSA) is 139 Å². The van der Waals surface area contributed by atoms with Gasteiger partial charge in [-0.1, -0.05) is 0 Å². The van der Waals surface area contributed by atoms with Gasteiger partial charge in [-0.2, -0.15) is 0 Å². The number of aliphatic hydroxyl groups excluding tert-OH is 2. The number of hydrogen-bond donors (Lipinski definition) is 3. The number of nitrogens with one attached hydrogen (secondary N) is 1. The predicted octanol–water partition coefficient (Wildman–Crippen LogP) is 2.24. The Bertz CT molecular complexity index is 1410. The number of benzene rings is 1. The highest BCUT2D eigenvalue weighted by molar-refractivity contribution is 5.99. The fraction of sp³-hybridized carbons (Fsp3) is 0.481. The molecule has 0 unspecified atom stereocenters. The molecule has 5 rings (SSSR count). The minimum atomic E-state index is -1.17. The van der Waals surface area contributed by atoms with Crippen LogP contribution in [-0.4, -0.2) is 86.6 Å². The first-order chi connectivity index (χ1) is 18.7. The van der Waals surface area contributed by atoms with Gasteiger partial charge in [0.05, 0.1) is 31.4 Å². The monoisotopic (exact) mass is 541 g/mol. The molecule has 1 aliphatic carbocycles. The number of fused-ring (bicyclic) bond motifs is 1. The molecule has 3 heterocycles. The number of nitrogens with zero attached hydrogens (tertiary/aromatic N) is 4. The lowest BCUT2D eigenvalue weighted by Gasteiger charge is -2.36. The molecule has 0 bridgehead atoms. The Kier molecular flexibility index (Phi) is 7.41. The zero-order valence-corrected chi connectivity index (χ0v) is 22.1. The van der Waals surface area contributed by atoms with E-state index in [2.05, 4.69) is 15.3 Å². The van der Waals surface area contributed by atoms with Gasteiger partial charge >= 0.3 is 6.03 Å². The Labute approximate surface area is 224 Å². The van der Waals surface area contributed by atoms with Gasteiger partial charge in [0.1, 0.15) is 29.4 Å². The summed E-state index contributed by atoms with van der Waals surface area (Å²) < 4.78 is 27.5. The van der Waals surface area contributed by atoms with Crippen molar-refractivity contribution in [1.82, 2.24) is 24.8 Å². The predicted molar refractivity (Wildman–Crippen MR) is 139 cm³/mol. The number of rotatable bonds is 7. The molecule has 39 heavy (non-hydrogen) atoms. The Hall–Kier alpha value is -3.77. The van der Waals surface area contributed by atoms with Crippen molar-refractivity contribution >= 4 is 23.0 Å². The van der Waals surface area contributed by atoms with Crippen LogP contribution < -0.4 is 14.8 Å². The lowest BCUT2D eigenvalue weighted by atomic mass is 10.0. The Balaban J connectivity index is 1.48. The minimum absolute atomic E-state index is 0.0126. The number of amides is 2. The van der Waals surface area contributed by atoms with Gasteiger partial charge in [0.2, 0.25) is 0 Å². The summed E-state index contributed by atoms with van der Waals surface area (Å²) in [4.78, 5) is 35.8. The second-order valence-corrected chi connectivity index (χ2v) is 10.2. The van der Waals surface area contributed by atoms with Crippen molar-refractivity contribution < 1.29 is 33.7 Å². The first-order valence-electron chi connectivity index (χ1n) is 13.0. The number of carbonyl (C=O) groups is 2. The number of aryl methyl sites for hydroxylation is 1. The molecule has 1 aliphatic heterocycles. The van der Waals surface area contributed by atoms with Crippen molar-refractivity contribution in [3.63, 3.8) is 0 Å². The molecule has 3 N–H and O–H groups in total. The van der Waals surface area contributed by atoms with Crippen LogP contribution in [0.25, 0.3) is 22.3 Å². The van der Waals surface area contributed by atoms with Gasteiger partial charge in [-0.05, 0) is 51.2 Å². The molecule has 2 amide bonds. The van der Waals surface area contributed by atoms with Crippen molar-refractivity contribution in [1.29, 1.82) is 0 Å². The lowest BCUT2D eigenvalue weighted by Crippen LogP contribution is -2.57. The summed E-state index contributed by atoms with van der Waals surface area (Å²) in [5.74, 6) is -0.201. The van der Waals surface area contributed by atoms with Gasteiger partial charge in [-0.15, -0.1) is 0 Å². The van der Waals surface area contributed by atoms with E-state index in [9.17, 15) is 24.2 Å². The minimum Gasteiger partial charge on any atom is -0.494 e. The van der Waals surface area contributed by atoms with Gasteiger partial charge in [0, 0.05) is 30.4 Å². The molecule has 12 heteroatoms. The zero-order chi connectivity index (χ0) is 27.8. The standard InChI is InChI=1S/C27H32FN5O6/c1-14-8-20-25(33(14)27(37)31-19-6-7-32(11-21(19)35)26(36)15(2)34)24(30-13-29-20)17-9-18(28)23(38-3)10-22(17)39-12-16-4-5-16/h8-10,13,15-16,19,21,34-35H,4-7,11-12H2,1-3H3,(H,31,37)/t15-,19-,21-/m0/s1. The smallest absolute Gasteiger partial charge is 0.326 e. The van der Waals surface area contributed by atoms with E-state index >= 15 is 0 Å². The quantitative estimate of drug-likeness (QED) is 0.414. The number of methoxy groups -OCH3 is 1. The highest BCUT2D eigenvalue weighted by Gasteiger charge is 2.33. The summed E-state index contributed by atoms with van der Waals surface area (Å²) in [6.07, 6.45) is 1.61. The van der Waals surface area contributed by atoms with Crippen LogP contribution in [0.1, 0.15) is 31.9 Å². The van der Waals surface area contributed by atoms with Crippen molar-refractivity contribution in [2.45, 2.75) is 51.4 Å². The molecule has 1 saturated carbocycles. The van der Waals surface area contributed by atoms with E-state index in [0.717, 1.165) is 12.8 Å². The second kappa shape index (κ2) is 10.8. The molecule has 2 aliphatic rings. The molecule has 3 atom stereocenters. The number of carbonyl (C=O) groups excluding carboxylic acids is 2. The Morgan fingerprint density at radius 3 is 2.64 bits per heavy atom. The van der Waals surface area contributed by atoms with Crippen molar-refractivity contribution in [3.05, 3.63) is 36.0 Å². The van der Waals surface area contributed by atoms with Crippen LogP contribution in [0.4, 0.5) is 9.18 Å². The largest absolute Gasteiger partial charge is 0.494 e. The third kappa shape index (κ3) is 5.39. The maximum atomic E-state index is 14.9. The first kappa shape index (κ1) is 26.8. The maximum absolute atomic E-state index is 14.9. The van der Waals surface area contributed by atoms with E-state index in [-0.39, 0.29) is 18.8 Å². The Morgan fingerprint density at radius 1 is 1.21 bits per heavy atom. The molecule has 0 spiro atoms. The fourth-order valence-electron chi connectivity index (χ4n) is 4.89. The van der Waals surface area contributed by atoms with Crippen LogP contribution in [0.2, 0.25) is 0 Å². The third-order valence-electron chi connectivity index (χ3n) is 7.22. The van der Waals surface area contributed by atoms with E-state index in [0.29, 0.717) is 52.7 Å². The molecular weight excluding hydrogens is 509 g/mol. The summed E-state index contributed by atoms with van der Waals surface area (Å²) in [6, 6.07) is 3.35. The average molecular weight is 542 g/mol. The molecule has 0 radical (unpaired) electrons. The average Bonchev–Trinajstić information content (AvgIpc) is 3.67. The zero-order valence-electron chi connectivity index (χ0n) is 22.1. The van der Waals surface area contributed by atoms with Crippen molar-refractivity contribution in [3.8, 4) is 22.8 Å². The fourth-order valence-corrected chi connectivity index (χ4v) is 4.89. The lowest BCUT2D eigenvalue weighted by molar-refractivity contribution is -0.142. The molecular formula is C27H32FN5O6. The molecule has 1 saturated heterocycles. The molecule has 1 aromatic carbocycles. The van der Waals surface area contributed by atoms with Crippen LogP contribution in [0.3, 0.4) is 0 Å². The first-order valence-corrected chi connectivity index (χ1v) is 13.0. The van der Waals surface area contributed by atoms with Gasteiger partial charge in [0.15, 0.2) is 11.6 Å². The second-order valence-electron chi connectivity index (χ2n) is 10.2. The molecule has 208 valence electrons. The van der Waals surface area contributed by atoms with E-state index < -0.39 is 36.0 Å². The van der Waals surface area contributed by atoms with Crippen LogP contribution in [0, 0.1) is 18.7 Å². The number of ether oxygens (including phenoxy) is 2. The molecule has 3 aromatic rings. The van der Waals surface area contributed by atoms with Crippen LogP contribution in [0.5, 0.6) is 11.5 Å². The van der Waals surface area contributed by atoms with E-state index in [1.165, 1.54) is 42.0 Å². The number of likely N-dealkylation sites (tertiary alicyclic amines) is 1. The number of piperidine rings is 1. The summed E-state index contributed by atoms with van der Waals surface area (Å²) >= 11 is 0. The number of β-amino-alcohol motifs (C(OH)–C–C–N with tert-alkyl or cyclic N) is 1. The van der Waals surface area contributed by atoms with E-state index in [1.54, 1.807) is 13.0 Å². The SMILES string of the molecule is COc1cc(OCC2CC2)c(-c2ncnc3cc(C)n(C(=O)N[C@H]4CCN(C(=O)[C@H](C)O)C[C@@H]4O)c23)cc1F. The van der Waals surface area contributed by atoms with E-state index in [1.807, 2.05) is 0 Å². The van der Waals surface area contributed by atoms with Gasteiger partial charge in [-0.25, -0.2) is 19.2 Å². The van der Waals surface area contributed by atoms with Crippen molar-refractivity contribution in [2.75, 3.05) is 26.8 Å². The summed E-state index contributed by atoms with van der Waals surface area (Å²) in [5.41, 5.74) is 2.08. The highest BCUT2D eigenvalue weighted by atomic mass is 19.1. The summed E-state index contributed by atoms with van der Waals surface area (Å²) in [7, 11) is 1.38. The van der Waals surface area contributed by atoms with Crippen molar-refractivity contribution in [2.24, 2.45) is 5.92 Å². The molecule has 2 fully saturated rings. The van der Waals surface area contributed by atoms with Gasteiger partial charge < -0.3 is 29.9 Å². The molecule has 11 nitrogen and oxygen atoms in total. The molecule has 2 aromatic heterocycles. The summed E-state index contributed by atoms with van der Waals surface area (Å²) in [6.45, 7) is 3.86. The van der Waals surface area contributed by atoms with Crippen LogP contribution in [0.15, 0.2) is 24.5 Å². The highest BCUT2D eigenvalue weighted by Crippen LogP contribution is 2.39. The van der Waals surface area contributed by atoms with Crippen LogP contribution >= 0.6 is 0 Å². The summed E-state index contributed by atoms with van der Waals surface area (Å²) in [5, 5.41) is 23.1. The number of aromatic nitrogens is 3. The number of aliphatic hydroxyl groups is 2. The third-order valence-corrected chi connectivity index (χ3v) is 7.22. The van der Waals surface area contributed by atoms with Crippen LogP contribution in [-0.2, 0) is 4.79 Å². The Morgan fingerprint density at radius 2 is 1.97 bits per heavy atom. The number of hydrogen-bond acceptors (Lipinski definition) is 8. The van der Waals surface area contributed by atoms with Gasteiger partial charge in [-0.3, -0.25) is 9.36 Å². The normalized spacial score (nSPS) is 20.1. The maximum Gasteiger partial charge on any atom is 0.326 e. The van der Waals surface area contributed by atoms with Gasteiger partial charge in [0.25, 0.3) is 5.91 Å².